The van der Waals surface area contributed by atoms with E-state index < -0.39 is 34.7 Å². The molecule has 0 unspecified atom stereocenters. The van der Waals surface area contributed by atoms with Crippen molar-refractivity contribution >= 4 is 27.4 Å². The molecule has 10 aliphatic carbocycles. The molecule has 7 saturated carbocycles. The maximum atomic E-state index is 14.6. The molecule has 11 aliphatic rings. The van der Waals surface area contributed by atoms with Crippen molar-refractivity contribution in [2.24, 2.45) is 80.8 Å². The Morgan fingerprint density at radius 1 is 0.836 bits per heavy atom. The van der Waals surface area contributed by atoms with Crippen LogP contribution >= 0.6 is 21.6 Å². The number of fused-ring (bicyclic) bond motifs is 11. The Hall–Kier alpha value is -1.36. The lowest BCUT2D eigenvalue weighted by Gasteiger charge is -2.68. The SMILES string of the molecule is CC1(C)C[C@@H](n2ccnc2)CSSC[C@H]2C[C@H]([C@@H]3C[C@@H]4CCCC5=C4[C@H](C1=C1CCCC4(CCCC4)[C@@H]51)[C@H]3O)[C@@]1(C)C[C@H]3CC[C@@H]4[C@H](O)[C@H](O)C[C@H]5C(=O)C=C([C@H]3[C@@]45C)[C@]21O. The largest absolute Gasteiger partial charge is 0.392 e. The third-order valence-corrected chi connectivity index (χ3v) is 24.0. The normalized spacial score (nSPS) is 50.7. The molecule has 61 heavy (non-hydrogen) atoms. The van der Waals surface area contributed by atoms with E-state index in [1.165, 1.54) is 64.2 Å². The molecule has 8 fully saturated rings. The predicted octanol–water partition coefficient (Wildman–Crippen LogP) is 9.68. The van der Waals surface area contributed by atoms with Gasteiger partial charge in [0.25, 0.3) is 0 Å². The Labute approximate surface area is 372 Å². The zero-order chi connectivity index (χ0) is 42.0. The summed E-state index contributed by atoms with van der Waals surface area (Å²) in [5.74, 6) is 2.81. The second-order valence-electron chi connectivity index (χ2n) is 24.1. The van der Waals surface area contributed by atoms with Crippen LogP contribution in [-0.4, -0.2) is 71.2 Å². The van der Waals surface area contributed by atoms with Crippen LogP contribution in [0.25, 0.3) is 0 Å². The zero-order valence-corrected chi connectivity index (χ0v) is 38.9. The van der Waals surface area contributed by atoms with E-state index >= 15 is 0 Å². The first-order valence-corrected chi connectivity index (χ1v) is 27.4. The number of aliphatic hydroxyl groups is 4. The number of nitrogens with zero attached hydrogens (tertiary/aromatic N) is 2. The van der Waals surface area contributed by atoms with Crippen molar-refractivity contribution in [2.75, 3.05) is 11.5 Å². The van der Waals surface area contributed by atoms with Gasteiger partial charge in [0.15, 0.2) is 5.78 Å². The lowest BCUT2D eigenvalue weighted by molar-refractivity contribution is -0.209. The van der Waals surface area contributed by atoms with Gasteiger partial charge in [0.1, 0.15) is 0 Å². The molecule has 1 aromatic heterocycles. The lowest BCUT2D eigenvalue weighted by Crippen LogP contribution is -2.69. The summed E-state index contributed by atoms with van der Waals surface area (Å²) < 4.78 is 2.35. The van der Waals surface area contributed by atoms with Crippen LogP contribution in [0.3, 0.4) is 0 Å². The quantitative estimate of drug-likeness (QED) is 0.163. The van der Waals surface area contributed by atoms with Crippen molar-refractivity contribution in [1.29, 1.82) is 0 Å². The number of carbonyl (C=O) groups is 1. The van der Waals surface area contributed by atoms with Gasteiger partial charge in [-0.15, -0.1) is 0 Å². The topological polar surface area (TPSA) is 116 Å². The van der Waals surface area contributed by atoms with Crippen LogP contribution < -0.4 is 0 Å². The van der Waals surface area contributed by atoms with Gasteiger partial charge in [-0.1, -0.05) is 84.4 Å². The first kappa shape index (κ1) is 41.1. The van der Waals surface area contributed by atoms with Crippen LogP contribution in [0.1, 0.15) is 143 Å². The molecule has 2 heterocycles. The Morgan fingerprint density at radius 2 is 1.61 bits per heavy atom. The Morgan fingerprint density at radius 3 is 2.39 bits per heavy atom. The molecule has 1 spiro atoms. The van der Waals surface area contributed by atoms with E-state index in [4.69, 9.17) is 0 Å². The first-order chi connectivity index (χ1) is 29.2. The molecular formula is C52H72N2O5S2. The van der Waals surface area contributed by atoms with Gasteiger partial charge in [-0.2, -0.15) is 0 Å². The highest BCUT2D eigenvalue weighted by molar-refractivity contribution is 8.76. The summed E-state index contributed by atoms with van der Waals surface area (Å²) in [6.45, 7) is 9.73. The maximum absolute atomic E-state index is 14.6. The van der Waals surface area contributed by atoms with E-state index in [1.54, 1.807) is 22.3 Å². The molecule has 0 radical (unpaired) electrons. The molecule has 4 N–H and O–H groups in total. The second kappa shape index (κ2) is 14.1. The van der Waals surface area contributed by atoms with Gasteiger partial charge in [0, 0.05) is 59.0 Å². The van der Waals surface area contributed by atoms with Crippen molar-refractivity contribution in [2.45, 2.75) is 167 Å². The van der Waals surface area contributed by atoms with Crippen LogP contribution in [0.5, 0.6) is 0 Å². The highest BCUT2D eigenvalue weighted by Gasteiger charge is 2.75. The maximum Gasteiger partial charge on any atom is 0.159 e. The van der Waals surface area contributed by atoms with Crippen LogP contribution in [0.2, 0.25) is 0 Å². The molecule has 4 bridgehead atoms. The van der Waals surface area contributed by atoms with Crippen LogP contribution in [0, 0.1) is 80.8 Å². The number of rotatable bonds is 1. The minimum Gasteiger partial charge on any atom is -0.392 e. The van der Waals surface area contributed by atoms with Crippen molar-refractivity contribution in [3.8, 4) is 0 Å². The summed E-state index contributed by atoms with van der Waals surface area (Å²) in [4.78, 5) is 19.2. The van der Waals surface area contributed by atoms with Gasteiger partial charge in [0.2, 0.25) is 0 Å². The molecule has 332 valence electrons. The smallest absolute Gasteiger partial charge is 0.159 e. The summed E-state index contributed by atoms with van der Waals surface area (Å²) in [7, 11) is 3.87. The number of carbonyl (C=O) groups excluding carboxylic acids is 1. The first-order valence-electron chi connectivity index (χ1n) is 24.9. The molecule has 7 nitrogen and oxygen atoms in total. The van der Waals surface area contributed by atoms with E-state index in [-0.39, 0.29) is 58.7 Å². The molecule has 0 amide bonds. The summed E-state index contributed by atoms with van der Waals surface area (Å²) in [6, 6.07) is 0.241. The Kier molecular flexibility index (Phi) is 9.48. The van der Waals surface area contributed by atoms with E-state index in [2.05, 4.69) is 43.4 Å². The van der Waals surface area contributed by atoms with Gasteiger partial charge in [-0.05, 0) is 160 Å². The van der Waals surface area contributed by atoms with Gasteiger partial charge >= 0.3 is 0 Å². The molecule has 1 saturated heterocycles. The fourth-order valence-electron chi connectivity index (χ4n) is 19.5. The molecule has 1 aliphatic heterocycles. The minimum absolute atomic E-state index is 0.00845. The summed E-state index contributed by atoms with van der Waals surface area (Å²) in [6.07, 6.45) is 24.5. The monoisotopic (exact) mass is 868 g/mol. The molecule has 17 atom stereocenters. The minimum atomic E-state index is -1.19. The van der Waals surface area contributed by atoms with Crippen molar-refractivity contribution in [3.05, 3.63) is 52.7 Å². The van der Waals surface area contributed by atoms with Gasteiger partial charge < -0.3 is 25.0 Å². The summed E-state index contributed by atoms with van der Waals surface area (Å²) in [5, 5.41) is 50.6. The lowest BCUT2D eigenvalue weighted by atomic mass is 9.37. The van der Waals surface area contributed by atoms with E-state index in [1.807, 2.05) is 40.2 Å². The van der Waals surface area contributed by atoms with Crippen molar-refractivity contribution in [1.82, 2.24) is 9.55 Å². The number of aromatic nitrogens is 2. The van der Waals surface area contributed by atoms with Gasteiger partial charge in [0.05, 0.1) is 30.2 Å². The number of allylic oxidation sites excluding steroid dienone is 3. The summed E-state index contributed by atoms with van der Waals surface area (Å²) in [5.41, 5.74) is 5.83. The van der Waals surface area contributed by atoms with E-state index in [0.717, 1.165) is 55.6 Å². The average molecular weight is 869 g/mol. The third-order valence-electron chi connectivity index (χ3n) is 21.5. The number of aliphatic hydroxyl groups excluding tert-OH is 3. The molecular weight excluding hydrogens is 797 g/mol. The van der Waals surface area contributed by atoms with Crippen molar-refractivity contribution < 1.29 is 25.2 Å². The molecule has 9 heteroatoms. The average Bonchev–Trinajstić information content (AvgIpc) is 3.98. The number of ketones is 1. The Balaban J connectivity index is 1.03. The van der Waals surface area contributed by atoms with Crippen LogP contribution in [0.15, 0.2) is 52.7 Å². The highest BCUT2D eigenvalue weighted by Crippen LogP contribution is 2.76. The van der Waals surface area contributed by atoms with E-state index in [9.17, 15) is 25.2 Å². The summed E-state index contributed by atoms with van der Waals surface area (Å²) >= 11 is 0. The zero-order valence-electron chi connectivity index (χ0n) is 37.2. The van der Waals surface area contributed by atoms with Crippen LogP contribution in [0.4, 0.5) is 0 Å². The standard InChI is InChI=1S/C52H72N2O5S2/c1-48(2)24-31(54-18-17-53-27-54)26-61-60-25-30-20-36(49(3)23-29-12-13-35-47(58)40(56)21-37-39(55)22-38(52(30,49)59)43(29)50(35,37)4)34-19-28-9-7-10-32-41(28)42(46(34)57)45(48)33-11-8-16-51(44(32)33)14-5-6-15-51/h17-18,22,27-31,34-37,40,42-44,46-47,56-59H,5-16,19-21,23-26H2,1-4H3/t28-,29+,30+,31+,34-,35+,36+,37-,40+,42+,43-,44-,46-,47-,49+,50-,52+/m0/s1. The van der Waals surface area contributed by atoms with Crippen molar-refractivity contribution in [3.63, 3.8) is 0 Å². The fraction of sp³-hybridized carbons (Fsp3) is 0.808. The highest BCUT2D eigenvalue weighted by atomic mass is 33.1. The van der Waals surface area contributed by atoms with Gasteiger partial charge in [-0.25, -0.2) is 4.98 Å². The van der Waals surface area contributed by atoms with Crippen LogP contribution in [-0.2, 0) is 4.79 Å². The third kappa shape index (κ3) is 5.40. The number of imidazole rings is 1. The number of hydrogen-bond donors (Lipinski definition) is 4. The fourth-order valence-corrected chi connectivity index (χ4v) is 22.2. The Bertz CT molecular complexity index is 2070. The molecule has 0 aromatic carbocycles. The van der Waals surface area contributed by atoms with E-state index in [0.29, 0.717) is 29.6 Å². The molecule has 1 aromatic rings. The predicted molar refractivity (Wildman–Crippen MR) is 242 cm³/mol. The second-order valence-corrected chi connectivity index (χ2v) is 26.7. The number of hydrogen-bond acceptors (Lipinski definition) is 8. The molecule has 12 rings (SSSR count). The van der Waals surface area contributed by atoms with Gasteiger partial charge in [-0.3, -0.25) is 4.79 Å².